The second kappa shape index (κ2) is 9.28. The summed E-state index contributed by atoms with van der Waals surface area (Å²) in [6.07, 6.45) is 7.04. The van der Waals surface area contributed by atoms with Gasteiger partial charge in [0.1, 0.15) is 0 Å². The molecule has 1 aromatic rings. The van der Waals surface area contributed by atoms with Gasteiger partial charge in [0, 0.05) is 38.7 Å². The molecule has 0 aliphatic carbocycles. The van der Waals surface area contributed by atoms with Gasteiger partial charge < -0.3 is 14.6 Å². The molecule has 18 heavy (non-hydrogen) atoms. The molecule has 0 saturated carbocycles. The van der Waals surface area contributed by atoms with Crippen molar-refractivity contribution in [1.29, 1.82) is 0 Å². The van der Waals surface area contributed by atoms with Crippen LogP contribution >= 0.6 is 11.8 Å². The number of aryl methyl sites for hydroxylation is 1. The lowest BCUT2D eigenvalue weighted by Crippen LogP contribution is -2.16. The van der Waals surface area contributed by atoms with E-state index in [1.807, 2.05) is 31.1 Å². The van der Waals surface area contributed by atoms with Gasteiger partial charge in [-0.2, -0.15) is 11.8 Å². The average Bonchev–Trinajstić information content (AvgIpc) is 2.80. The maximum Gasteiger partial charge on any atom is 0.202 e. The normalized spacial score (nSPS) is 12.6. The lowest BCUT2D eigenvalue weighted by molar-refractivity contribution is 0.142. The van der Waals surface area contributed by atoms with E-state index in [0.717, 1.165) is 38.7 Å². The fraction of sp³-hybridized carbons (Fsp3) is 0.769. The minimum Gasteiger partial charge on any atom is -0.382 e. The van der Waals surface area contributed by atoms with Gasteiger partial charge in [-0.25, -0.2) is 4.98 Å². The molecule has 1 rings (SSSR count). The minimum absolute atomic E-state index is 0.661. The molecule has 0 amide bonds. The molecule has 1 N–H and O–H groups in total. The summed E-state index contributed by atoms with van der Waals surface area (Å²) in [5.41, 5.74) is 0. The van der Waals surface area contributed by atoms with Crippen molar-refractivity contribution in [2.45, 2.75) is 26.8 Å². The van der Waals surface area contributed by atoms with Gasteiger partial charge >= 0.3 is 0 Å². The summed E-state index contributed by atoms with van der Waals surface area (Å²) < 4.78 is 7.50. The second-order valence-corrected chi connectivity index (χ2v) is 5.35. The third kappa shape index (κ3) is 5.78. The number of aromatic nitrogens is 2. The van der Waals surface area contributed by atoms with Crippen LogP contribution in [0.25, 0.3) is 0 Å². The summed E-state index contributed by atoms with van der Waals surface area (Å²) in [6.45, 7) is 7.82. The maximum absolute atomic E-state index is 5.34. The largest absolute Gasteiger partial charge is 0.382 e. The number of rotatable bonds is 10. The number of nitrogens with zero attached hydrogens (tertiary/aromatic N) is 2. The van der Waals surface area contributed by atoms with E-state index in [0.29, 0.717) is 5.92 Å². The van der Waals surface area contributed by atoms with Gasteiger partial charge in [-0.05, 0) is 31.3 Å². The average molecular weight is 271 g/mol. The van der Waals surface area contributed by atoms with E-state index < -0.39 is 0 Å². The zero-order chi connectivity index (χ0) is 13.2. The molecule has 1 atom stereocenters. The van der Waals surface area contributed by atoms with Crippen LogP contribution in [0.15, 0.2) is 12.4 Å². The molecular formula is C13H25N3OS. The van der Waals surface area contributed by atoms with Crippen molar-refractivity contribution < 1.29 is 4.74 Å². The Morgan fingerprint density at radius 3 is 3.11 bits per heavy atom. The number of ether oxygens (including phenoxy) is 1. The van der Waals surface area contributed by atoms with Crippen LogP contribution in [0.2, 0.25) is 0 Å². The van der Waals surface area contributed by atoms with E-state index in [1.54, 1.807) is 0 Å². The molecule has 5 heteroatoms. The molecule has 0 bridgehead atoms. The van der Waals surface area contributed by atoms with Crippen molar-refractivity contribution in [3.05, 3.63) is 12.4 Å². The quantitative estimate of drug-likeness (QED) is 0.664. The van der Waals surface area contributed by atoms with Crippen LogP contribution < -0.4 is 5.32 Å². The summed E-state index contributed by atoms with van der Waals surface area (Å²) in [4.78, 5) is 4.35. The van der Waals surface area contributed by atoms with E-state index in [9.17, 15) is 0 Å². The Morgan fingerprint density at radius 2 is 2.39 bits per heavy atom. The summed E-state index contributed by atoms with van der Waals surface area (Å²) >= 11 is 1.89. The van der Waals surface area contributed by atoms with Crippen LogP contribution in [-0.2, 0) is 11.3 Å². The fourth-order valence-electron chi connectivity index (χ4n) is 1.75. The first-order valence-electron chi connectivity index (χ1n) is 6.59. The highest BCUT2D eigenvalue weighted by molar-refractivity contribution is 7.98. The molecule has 104 valence electrons. The van der Waals surface area contributed by atoms with Crippen molar-refractivity contribution >= 4 is 17.7 Å². The number of hydrogen-bond acceptors (Lipinski definition) is 4. The standard InChI is InChI=1S/C13H25N3OS/c1-4-17-9-5-7-16-8-6-14-13(16)15-10-12(2)11-18-3/h6,8,12H,4-5,7,9-11H2,1-3H3,(H,14,15). The van der Waals surface area contributed by atoms with Gasteiger partial charge in [0.2, 0.25) is 5.95 Å². The molecule has 0 aliphatic rings. The van der Waals surface area contributed by atoms with Gasteiger partial charge in [0.05, 0.1) is 0 Å². The van der Waals surface area contributed by atoms with Crippen molar-refractivity contribution in [3.63, 3.8) is 0 Å². The van der Waals surface area contributed by atoms with Crippen LogP contribution in [0.4, 0.5) is 5.95 Å². The smallest absolute Gasteiger partial charge is 0.202 e. The lowest BCUT2D eigenvalue weighted by Gasteiger charge is -2.13. The Kier molecular flexibility index (Phi) is 7.93. The Balaban J connectivity index is 2.30. The molecule has 0 aliphatic heterocycles. The number of hydrogen-bond donors (Lipinski definition) is 1. The predicted molar refractivity (Wildman–Crippen MR) is 79.4 cm³/mol. The molecule has 0 aromatic carbocycles. The first kappa shape index (κ1) is 15.4. The van der Waals surface area contributed by atoms with Crippen LogP contribution in [0.5, 0.6) is 0 Å². The van der Waals surface area contributed by atoms with E-state index in [4.69, 9.17) is 4.74 Å². The third-order valence-corrected chi connectivity index (χ3v) is 3.57. The van der Waals surface area contributed by atoms with Crippen LogP contribution in [0.3, 0.4) is 0 Å². The predicted octanol–water partition coefficient (Wildman–Crippen LogP) is 2.72. The number of nitrogens with one attached hydrogen (secondary N) is 1. The summed E-state index contributed by atoms with van der Waals surface area (Å²) in [6, 6.07) is 0. The highest BCUT2D eigenvalue weighted by Gasteiger charge is 2.05. The first-order valence-corrected chi connectivity index (χ1v) is 7.99. The van der Waals surface area contributed by atoms with Gasteiger partial charge in [-0.1, -0.05) is 6.92 Å². The first-order chi connectivity index (χ1) is 8.77. The molecule has 0 saturated heterocycles. The summed E-state index contributed by atoms with van der Waals surface area (Å²) in [7, 11) is 0. The Bertz CT molecular complexity index is 317. The molecule has 0 spiro atoms. The maximum atomic E-state index is 5.34. The molecular weight excluding hydrogens is 246 g/mol. The zero-order valence-corrected chi connectivity index (χ0v) is 12.5. The molecule has 0 fully saturated rings. The molecule has 1 aromatic heterocycles. The van der Waals surface area contributed by atoms with Gasteiger partial charge in [-0.15, -0.1) is 0 Å². The monoisotopic (exact) mass is 271 g/mol. The highest BCUT2D eigenvalue weighted by atomic mass is 32.2. The van der Waals surface area contributed by atoms with Crippen molar-refractivity contribution in [1.82, 2.24) is 9.55 Å². The van der Waals surface area contributed by atoms with Gasteiger partial charge in [-0.3, -0.25) is 0 Å². The van der Waals surface area contributed by atoms with Gasteiger partial charge in [0.25, 0.3) is 0 Å². The van der Waals surface area contributed by atoms with E-state index in [1.165, 1.54) is 5.75 Å². The Labute approximate surface area is 115 Å². The number of imidazole rings is 1. The van der Waals surface area contributed by atoms with Gasteiger partial charge in [0.15, 0.2) is 0 Å². The number of anilines is 1. The topological polar surface area (TPSA) is 39.1 Å². The zero-order valence-electron chi connectivity index (χ0n) is 11.7. The molecule has 1 heterocycles. The van der Waals surface area contributed by atoms with Crippen LogP contribution in [-0.4, -0.2) is 41.3 Å². The lowest BCUT2D eigenvalue weighted by atomic mass is 10.2. The highest BCUT2D eigenvalue weighted by Crippen LogP contribution is 2.09. The van der Waals surface area contributed by atoms with Crippen molar-refractivity contribution in [2.75, 3.05) is 37.1 Å². The second-order valence-electron chi connectivity index (χ2n) is 4.44. The van der Waals surface area contributed by atoms with E-state index >= 15 is 0 Å². The number of thioether (sulfide) groups is 1. The molecule has 0 radical (unpaired) electrons. The third-order valence-electron chi connectivity index (χ3n) is 2.67. The minimum atomic E-state index is 0.661. The Hall–Kier alpha value is -0.680. The van der Waals surface area contributed by atoms with Crippen LogP contribution in [0.1, 0.15) is 20.3 Å². The fourth-order valence-corrected chi connectivity index (χ4v) is 2.43. The molecule has 1 unspecified atom stereocenters. The Morgan fingerprint density at radius 1 is 1.56 bits per heavy atom. The summed E-state index contributed by atoms with van der Waals surface area (Å²) in [5.74, 6) is 2.81. The SMILES string of the molecule is CCOCCCn1ccnc1NCC(C)CSC. The summed E-state index contributed by atoms with van der Waals surface area (Å²) in [5, 5.41) is 3.42. The van der Waals surface area contributed by atoms with Crippen molar-refractivity contribution in [2.24, 2.45) is 5.92 Å². The van der Waals surface area contributed by atoms with E-state index in [2.05, 4.69) is 28.0 Å². The van der Waals surface area contributed by atoms with Crippen LogP contribution in [0, 0.1) is 5.92 Å². The van der Waals surface area contributed by atoms with Crippen molar-refractivity contribution in [3.8, 4) is 0 Å². The van der Waals surface area contributed by atoms with E-state index in [-0.39, 0.29) is 0 Å². The molecule has 4 nitrogen and oxygen atoms in total.